The SMILES string of the molecule is CCCN1c2cc(Cl)c(/C=C3/C(=O)NC(=S)N(c4ccc(OCC)cc4)C3=O)cc2C(C)=CC1(C)C. The molecule has 1 N–H and O–H groups in total. The van der Waals surface area contributed by atoms with Crippen LogP contribution >= 0.6 is 23.8 Å². The van der Waals surface area contributed by atoms with Crippen molar-refractivity contribution < 1.29 is 14.3 Å². The third kappa shape index (κ3) is 4.77. The van der Waals surface area contributed by atoms with Crippen LogP contribution in [0.2, 0.25) is 5.02 Å². The van der Waals surface area contributed by atoms with E-state index in [1.165, 1.54) is 4.90 Å². The number of carbonyl (C=O) groups is 2. The van der Waals surface area contributed by atoms with Crippen LogP contribution in [-0.2, 0) is 9.59 Å². The van der Waals surface area contributed by atoms with Crippen LogP contribution < -0.4 is 19.9 Å². The Bertz CT molecular complexity index is 1300. The number of nitrogens with one attached hydrogen (secondary N) is 1. The predicted molar refractivity (Wildman–Crippen MR) is 151 cm³/mol. The summed E-state index contributed by atoms with van der Waals surface area (Å²) in [5.74, 6) is -0.384. The Hall–Kier alpha value is -3.16. The van der Waals surface area contributed by atoms with Crippen LogP contribution in [0.1, 0.15) is 52.2 Å². The van der Waals surface area contributed by atoms with Gasteiger partial charge in [-0.1, -0.05) is 24.6 Å². The fourth-order valence-electron chi connectivity index (χ4n) is 4.76. The molecule has 4 rings (SSSR count). The van der Waals surface area contributed by atoms with Crippen LogP contribution in [0.3, 0.4) is 0 Å². The second-order valence-corrected chi connectivity index (χ2v) is 10.2. The summed E-state index contributed by atoms with van der Waals surface area (Å²) in [6.45, 7) is 11.9. The lowest BCUT2D eigenvalue weighted by Crippen LogP contribution is -2.54. The number of hydrogen-bond acceptors (Lipinski definition) is 5. The van der Waals surface area contributed by atoms with Gasteiger partial charge in [0, 0.05) is 22.8 Å². The van der Waals surface area contributed by atoms with E-state index in [1.807, 2.05) is 19.1 Å². The third-order valence-corrected chi connectivity index (χ3v) is 6.96. The van der Waals surface area contributed by atoms with E-state index in [4.69, 9.17) is 28.6 Å². The first-order chi connectivity index (χ1) is 17.1. The lowest BCUT2D eigenvalue weighted by molar-refractivity contribution is -0.122. The number of fused-ring (bicyclic) bond motifs is 1. The molecule has 0 saturated carbocycles. The zero-order valence-corrected chi connectivity index (χ0v) is 22.7. The Kier molecular flexibility index (Phi) is 7.25. The van der Waals surface area contributed by atoms with Gasteiger partial charge in [0.15, 0.2) is 5.11 Å². The van der Waals surface area contributed by atoms with Gasteiger partial charge in [-0.15, -0.1) is 0 Å². The highest BCUT2D eigenvalue weighted by Crippen LogP contribution is 2.42. The average Bonchev–Trinajstić information content (AvgIpc) is 2.81. The Morgan fingerprint density at radius 2 is 1.83 bits per heavy atom. The second-order valence-electron chi connectivity index (χ2n) is 9.41. The number of thiocarbonyl (C=S) groups is 1. The zero-order valence-electron chi connectivity index (χ0n) is 21.1. The molecule has 0 aromatic heterocycles. The third-order valence-electron chi connectivity index (χ3n) is 6.35. The van der Waals surface area contributed by atoms with Crippen molar-refractivity contribution in [2.45, 2.75) is 46.6 Å². The standard InChI is InChI=1S/C28H30ClN3O3S/c1-6-12-31-24-15-23(29)18(13-21(24)17(3)16-28(31,4)5)14-22-25(33)30-27(36)32(26(22)34)19-8-10-20(11-9-19)35-7-2/h8-11,13-16H,6-7,12H2,1-5H3,(H,30,33,36)/b22-14-. The number of hydrogen-bond donors (Lipinski definition) is 1. The average molecular weight is 524 g/mol. The molecule has 0 radical (unpaired) electrons. The van der Waals surface area contributed by atoms with Gasteiger partial charge in [-0.2, -0.15) is 0 Å². The smallest absolute Gasteiger partial charge is 0.270 e. The van der Waals surface area contributed by atoms with E-state index in [9.17, 15) is 9.59 Å². The first-order valence-electron chi connectivity index (χ1n) is 12.0. The van der Waals surface area contributed by atoms with Gasteiger partial charge >= 0.3 is 0 Å². The molecule has 0 spiro atoms. The van der Waals surface area contributed by atoms with Gasteiger partial charge in [-0.25, -0.2) is 0 Å². The molecule has 0 atom stereocenters. The van der Waals surface area contributed by atoms with Crippen LogP contribution in [0, 0.1) is 0 Å². The summed E-state index contributed by atoms with van der Waals surface area (Å²) >= 11 is 12.0. The van der Waals surface area contributed by atoms with E-state index in [0.717, 1.165) is 29.8 Å². The minimum absolute atomic E-state index is 0.0269. The van der Waals surface area contributed by atoms with Gasteiger partial charge in [0.1, 0.15) is 11.3 Å². The molecule has 2 aromatic rings. The summed E-state index contributed by atoms with van der Waals surface area (Å²) in [7, 11) is 0. The number of allylic oxidation sites excluding steroid dienone is 1. The van der Waals surface area contributed by atoms with E-state index >= 15 is 0 Å². The highest BCUT2D eigenvalue weighted by atomic mass is 35.5. The van der Waals surface area contributed by atoms with Crippen LogP contribution in [0.25, 0.3) is 11.6 Å². The van der Waals surface area contributed by atoms with Gasteiger partial charge in [-0.05, 0) is 99.9 Å². The molecule has 1 saturated heterocycles. The molecule has 1 fully saturated rings. The number of carbonyl (C=O) groups excluding carboxylic acids is 2. The number of amides is 2. The molecule has 188 valence electrons. The molecule has 2 heterocycles. The maximum absolute atomic E-state index is 13.5. The van der Waals surface area contributed by atoms with E-state index in [2.05, 4.69) is 44.0 Å². The molecule has 36 heavy (non-hydrogen) atoms. The van der Waals surface area contributed by atoms with Crippen LogP contribution in [0.15, 0.2) is 48.0 Å². The van der Waals surface area contributed by atoms with Crippen LogP contribution in [-0.4, -0.2) is 35.6 Å². The monoisotopic (exact) mass is 523 g/mol. The van der Waals surface area contributed by atoms with Gasteiger partial charge in [0.2, 0.25) is 0 Å². The Morgan fingerprint density at radius 1 is 1.14 bits per heavy atom. The molecule has 0 aliphatic carbocycles. The largest absolute Gasteiger partial charge is 0.494 e. The summed E-state index contributed by atoms with van der Waals surface area (Å²) in [6, 6.07) is 10.9. The summed E-state index contributed by atoms with van der Waals surface area (Å²) in [5, 5.41) is 3.12. The van der Waals surface area contributed by atoms with Crippen molar-refractivity contribution in [3.63, 3.8) is 0 Å². The Labute approximate surface area is 222 Å². The molecule has 0 unspecified atom stereocenters. The fourth-order valence-corrected chi connectivity index (χ4v) is 5.26. The Balaban J connectivity index is 1.74. The molecular weight excluding hydrogens is 494 g/mol. The topological polar surface area (TPSA) is 61.9 Å². The lowest BCUT2D eigenvalue weighted by atomic mass is 9.87. The van der Waals surface area contributed by atoms with Crippen molar-refractivity contribution in [2.24, 2.45) is 0 Å². The number of benzene rings is 2. The summed E-state index contributed by atoms with van der Waals surface area (Å²) < 4.78 is 5.48. The minimum Gasteiger partial charge on any atom is -0.494 e. The van der Waals surface area contributed by atoms with Gasteiger partial charge in [0.25, 0.3) is 11.8 Å². The minimum atomic E-state index is -0.554. The summed E-state index contributed by atoms with van der Waals surface area (Å²) in [6.07, 6.45) is 4.77. The van der Waals surface area contributed by atoms with Gasteiger partial charge in [0.05, 0.1) is 17.8 Å². The maximum atomic E-state index is 13.5. The molecule has 2 aliphatic rings. The van der Waals surface area contributed by atoms with Gasteiger partial charge in [-0.3, -0.25) is 19.8 Å². The first-order valence-corrected chi connectivity index (χ1v) is 12.8. The zero-order chi connectivity index (χ0) is 26.2. The van der Waals surface area contributed by atoms with Crippen molar-refractivity contribution in [3.05, 3.63) is 64.2 Å². The number of ether oxygens (including phenoxy) is 1. The van der Waals surface area contributed by atoms with Crippen molar-refractivity contribution in [3.8, 4) is 5.75 Å². The van der Waals surface area contributed by atoms with E-state index in [1.54, 1.807) is 30.3 Å². The van der Waals surface area contributed by atoms with Crippen molar-refractivity contribution in [1.29, 1.82) is 0 Å². The molecule has 6 nitrogen and oxygen atoms in total. The lowest BCUT2D eigenvalue weighted by Gasteiger charge is -2.43. The number of nitrogens with zero attached hydrogens (tertiary/aromatic N) is 2. The van der Waals surface area contributed by atoms with Crippen molar-refractivity contribution in [1.82, 2.24) is 5.32 Å². The van der Waals surface area contributed by atoms with Crippen molar-refractivity contribution >= 4 is 63.8 Å². The molecule has 2 aliphatic heterocycles. The molecule has 2 aromatic carbocycles. The summed E-state index contributed by atoms with van der Waals surface area (Å²) in [5.41, 5.74) is 4.14. The van der Waals surface area contributed by atoms with Crippen LogP contribution in [0.4, 0.5) is 11.4 Å². The number of halogens is 1. The highest BCUT2D eigenvalue weighted by molar-refractivity contribution is 7.80. The molecule has 0 bridgehead atoms. The maximum Gasteiger partial charge on any atom is 0.270 e. The van der Waals surface area contributed by atoms with E-state index in [0.29, 0.717) is 28.6 Å². The number of anilines is 2. The quantitative estimate of drug-likeness (QED) is 0.286. The van der Waals surface area contributed by atoms with Crippen molar-refractivity contribution in [2.75, 3.05) is 23.0 Å². The summed E-state index contributed by atoms with van der Waals surface area (Å²) in [4.78, 5) is 29.9. The highest BCUT2D eigenvalue weighted by Gasteiger charge is 2.35. The first kappa shape index (κ1) is 25.9. The van der Waals surface area contributed by atoms with Gasteiger partial charge < -0.3 is 9.64 Å². The normalized spacial score (nSPS) is 18.2. The van der Waals surface area contributed by atoms with E-state index in [-0.39, 0.29) is 16.2 Å². The molecule has 8 heteroatoms. The second kappa shape index (κ2) is 10.1. The molecular formula is C28H30ClN3O3S. The Morgan fingerprint density at radius 3 is 2.47 bits per heavy atom. The molecule has 2 amide bonds. The fraction of sp³-hybridized carbons (Fsp3) is 0.321. The van der Waals surface area contributed by atoms with Crippen LogP contribution in [0.5, 0.6) is 5.75 Å². The van der Waals surface area contributed by atoms with E-state index < -0.39 is 11.8 Å². The predicted octanol–water partition coefficient (Wildman–Crippen LogP) is 5.98. The number of rotatable bonds is 6.